The first-order chi connectivity index (χ1) is 8.18. The number of nitrogens with one attached hydrogen (secondary N) is 1. The van der Waals surface area contributed by atoms with Gasteiger partial charge in [0.2, 0.25) is 5.91 Å². The Hall–Kier alpha value is -1.17. The molecule has 1 unspecified atom stereocenters. The van der Waals surface area contributed by atoms with Crippen molar-refractivity contribution in [1.82, 2.24) is 5.32 Å². The summed E-state index contributed by atoms with van der Waals surface area (Å²) in [6, 6.07) is 7.19. The highest BCUT2D eigenvalue weighted by molar-refractivity contribution is 7.10. The van der Waals surface area contributed by atoms with E-state index in [2.05, 4.69) is 5.32 Å². The van der Waals surface area contributed by atoms with Gasteiger partial charge in [0.05, 0.1) is 6.04 Å². The van der Waals surface area contributed by atoms with Crippen molar-refractivity contribution < 1.29 is 4.79 Å². The normalized spacial score (nSPS) is 14.2. The van der Waals surface area contributed by atoms with Gasteiger partial charge in [0.25, 0.3) is 0 Å². The van der Waals surface area contributed by atoms with Gasteiger partial charge in [-0.1, -0.05) is 12.1 Å². The van der Waals surface area contributed by atoms with Crippen molar-refractivity contribution in [3.63, 3.8) is 0 Å². The van der Waals surface area contributed by atoms with E-state index in [1.54, 1.807) is 11.3 Å². The van der Waals surface area contributed by atoms with Crippen molar-refractivity contribution in [3.05, 3.63) is 44.8 Å². The van der Waals surface area contributed by atoms with Crippen LogP contribution in [0.25, 0.3) is 0 Å². The van der Waals surface area contributed by atoms with Crippen molar-refractivity contribution in [1.29, 1.82) is 0 Å². The van der Waals surface area contributed by atoms with Gasteiger partial charge in [-0.05, 0) is 29.8 Å². The molecule has 3 N–H and O–H groups in total. The predicted octanol–water partition coefficient (Wildman–Crippen LogP) is 2.69. The molecule has 2 atom stereocenters. The average Bonchev–Trinajstić information content (AvgIpc) is 3.00. The Morgan fingerprint density at radius 3 is 2.35 bits per heavy atom. The minimum Gasteiger partial charge on any atom is -0.347 e. The van der Waals surface area contributed by atoms with Crippen LogP contribution in [0.1, 0.15) is 28.8 Å². The van der Waals surface area contributed by atoms with Crippen LogP contribution in [0.15, 0.2) is 35.0 Å². The Labute approximate surface area is 108 Å². The smallest absolute Gasteiger partial charge is 0.242 e. The molecule has 5 heteroatoms. The van der Waals surface area contributed by atoms with Crippen LogP contribution in [0.2, 0.25) is 0 Å². The van der Waals surface area contributed by atoms with E-state index in [-0.39, 0.29) is 11.9 Å². The second-order valence-corrected chi connectivity index (χ2v) is 5.70. The van der Waals surface area contributed by atoms with Crippen LogP contribution in [-0.4, -0.2) is 5.91 Å². The molecule has 0 bridgehead atoms. The van der Waals surface area contributed by atoms with Crippen molar-refractivity contribution in [2.45, 2.75) is 19.0 Å². The molecule has 0 spiro atoms. The van der Waals surface area contributed by atoms with E-state index in [1.165, 1.54) is 11.3 Å². The van der Waals surface area contributed by atoms with E-state index in [1.807, 2.05) is 41.9 Å². The van der Waals surface area contributed by atoms with Crippen molar-refractivity contribution >= 4 is 28.6 Å². The lowest BCUT2D eigenvalue weighted by molar-refractivity contribution is -0.123. The molecule has 0 fully saturated rings. The lowest BCUT2D eigenvalue weighted by Gasteiger charge is -2.15. The van der Waals surface area contributed by atoms with E-state index < -0.39 is 6.04 Å². The minimum atomic E-state index is -0.572. The van der Waals surface area contributed by atoms with Gasteiger partial charge in [0, 0.05) is 9.75 Å². The zero-order valence-electron chi connectivity index (χ0n) is 9.42. The zero-order chi connectivity index (χ0) is 12.3. The fourth-order valence-corrected chi connectivity index (χ4v) is 2.97. The molecule has 0 aliphatic rings. The first-order valence-corrected chi connectivity index (χ1v) is 7.07. The average molecular weight is 266 g/mol. The molecule has 0 aromatic carbocycles. The summed E-state index contributed by atoms with van der Waals surface area (Å²) in [5, 5.41) is 6.84. The third-order valence-electron chi connectivity index (χ3n) is 2.46. The van der Waals surface area contributed by atoms with E-state index in [0.29, 0.717) is 0 Å². The van der Waals surface area contributed by atoms with Crippen LogP contribution in [0, 0.1) is 0 Å². The second kappa shape index (κ2) is 5.44. The first-order valence-electron chi connectivity index (χ1n) is 5.31. The number of carbonyl (C=O) groups is 1. The number of hydrogen-bond donors (Lipinski definition) is 2. The molecule has 17 heavy (non-hydrogen) atoms. The summed E-state index contributed by atoms with van der Waals surface area (Å²) in [6.07, 6.45) is 0. The van der Waals surface area contributed by atoms with Crippen LogP contribution in [-0.2, 0) is 4.79 Å². The number of hydrogen-bond acceptors (Lipinski definition) is 4. The Balaban J connectivity index is 1.98. The van der Waals surface area contributed by atoms with Gasteiger partial charge < -0.3 is 11.1 Å². The molecule has 3 nitrogen and oxygen atoms in total. The zero-order valence-corrected chi connectivity index (χ0v) is 11.1. The molecule has 1 amide bonds. The monoisotopic (exact) mass is 266 g/mol. The molecule has 0 saturated heterocycles. The summed E-state index contributed by atoms with van der Waals surface area (Å²) in [4.78, 5) is 13.9. The summed E-state index contributed by atoms with van der Waals surface area (Å²) >= 11 is 3.13. The van der Waals surface area contributed by atoms with E-state index in [9.17, 15) is 4.79 Å². The Morgan fingerprint density at radius 1 is 1.24 bits per heavy atom. The predicted molar refractivity (Wildman–Crippen MR) is 72.1 cm³/mol. The maximum absolute atomic E-state index is 11.9. The first kappa shape index (κ1) is 12.3. The van der Waals surface area contributed by atoms with Crippen molar-refractivity contribution in [3.8, 4) is 0 Å². The number of thiophene rings is 2. The summed E-state index contributed by atoms with van der Waals surface area (Å²) in [6.45, 7) is 1.96. The number of rotatable bonds is 4. The van der Waals surface area contributed by atoms with Crippen LogP contribution in [0.4, 0.5) is 0 Å². The highest BCUT2D eigenvalue weighted by atomic mass is 32.1. The molecular formula is C12H14N2OS2. The fraction of sp³-hybridized carbons (Fsp3) is 0.250. The van der Waals surface area contributed by atoms with E-state index in [4.69, 9.17) is 5.73 Å². The molecule has 2 rings (SSSR count). The minimum absolute atomic E-state index is 0.00788. The lowest BCUT2D eigenvalue weighted by Crippen LogP contribution is -2.35. The molecule has 0 aliphatic carbocycles. The van der Waals surface area contributed by atoms with Crippen LogP contribution in [0.5, 0.6) is 0 Å². The van der Waals surface area contributed by atoms with Gasteiger partial charge >= 0.3 is 0 Å². The molecule has 2 aromatic rings. The molecule has 2 aromatic heterocycles. The largest absolute Gasteiger partial charge is 0.347 e. The number of carbonyl (C=O) groups excluding carboxylic acids is 1. The Bertz CT molecular complexity index is 465. The number of nitrogens with two attached hydrogens (primary N) is 1. The molecule has 2 heterocycles. The van der Waals surface area contributed by atoms with Gasteiger partial charge in [-0.2, -0.15) is 0 Å². The summed E-state index contributed by atoms with van der Waals surface area (Å²) in [5.74, 6) is -0.131. The van der Waals surface area contributed by atoms with Gasteiger partial charge in [-0.15, -0.1) is 22.7 Å². The molecule has 90 valence electrons. The van der Waals surface area contributed by atoms with Crippen LogP contribution in [0.3, 0.4) is 0 Å². The third-order valence-corrected chi connectivity index (χ3v) is 4.47. The highest BCUT2D eigenvalue weighted by Crippen LogP contribution is 2.21. The summed E-state index contributed by atoms with van der Waals surface area (Å²) in [5.41, 5.74) is 5.89. The number of amides is 1. The van der Waals surface area contributed by atoms with E-state index >= 15 is 0 Å². The molecular weight excluding hydrogens is 252 g/mol. The molecule has 0 aliphatic heterocycles. The Morgan fingerprint density at radius 2 is 1.82 bits per heavy atom. The molecule has 0 radical (unpaired) electrons. The topological polar surface area (TPSA) is 55.1 Å². The van der Waals surface area contributed by atoms with Gasteiger partial charge in [-0.25, -0.2) is 0 Å². The standard InChI is InChI=1S/C12H14N2OS2/c1-8(9-4-2-6-16-9)14-12(15)11(13)10-5-3-7-17-10/h2-8,11H,13H2,1H3,(H,14,15)/t8-,11?/m0/s1. The summed E-state index contributed by atoms with van der Waals surface area (Å²) in [7, 11) is 0. The quantitative estimate of drug-likeness (QED) is 0.894. The molecule has 0 saturated carbocycles. The van der Waals surface area contributed by atoms with Crippen LogP contribution >= 0.6 is 22.7 Å². The van der Waals surface area contributed by atoms with Gasteiger partial charge in [0.15, 0.2) is 0 Å². The van der Waals surface area contributed by atoms with Crippen molar-refractivity contribution in [2.75, 3.05) is 0 Å². The maximum atomic E-state index is 11.9. The fourth-order valence-electron chi connectivity index (χ4n) is 1.51. The third kappa shape index (κ3) is 2.94. The summed E-state index contributed by atoms with van der Waals surface area (Å²) < 4.78 is 0. The lowest BCUT2D eigenvalue weighted by atomic mass is 10.2. The maximum Gasteiger partial charge on any atom is 0.242 e. The SMILES string of the molecule is C[C@H](NC(=O)C(N)c1cccs1)c1cccs1. The van der Waals surface area contributed by atoms with Crippen LogP contribution < -0.4 is 11.1 Å². The second-order valence-electron chi connectivity index (χ2n) is 3.74. The Kier molecular flexibility index (Phi) is 3.93. The van der Waals surface area contributed by atoms with Crippen molar-refractivity contribution in [2.24, 2.45) is 5.73 Å². The van der Waals surface area contributed by atoms with Gasteiger partial charge in [-0.3, -0.25) is 4.79 Å². The van der Waals surface area contributed by atoms with Gasteiger partial charge in [0.1, 0.15) is 6.04 Å². The highest BCUT2D eigenvalue weighted by Gasteiger charge is 2.19. The van der Waals surface area contributed by atoms with E-state index in [0.717, 1.165) is 9.75 Å².